The second-order valence-corrected chi connectivity index (χ2v) is 6.67. The zero-order valence-corrected chi connectivity index (χ0v) is 16.0. The Hall–Kier alpha value is -2.25. The van der Waals surface area contributed by atoms with Crippen LogP contribution in [0.1, 0.15) is 34.9 Å². The number of fused-ring (bicyclic) bond motifs is 1. The van der Waals surface area contributed by atoms with Crippen LogP contribution in [0.3, 0.4) is 0 Å². The van der Waals surface area contributed by atoms with Crippen molar-refractivity contribution in [3.05, 3.63) is 41.7 Å². The van der Waals surface area contributed by atoms with Gasteiger partial charge in [0.05, 0.1) is 6.04 Å². The topological polar surface area (TPSA) is 77.4 Å². The highest BCUT2D eigenvalue weighted by Gasteiger charge is 2.17. The van der Waals surface area contributed by atoms with Gasteiger partial charge in [0.2, 0.25) is 0 Å². The minimum atomic E-state index is -0.134. The molecule has 1 amide bonds. The maximum absolute atomic E-state index is 12.3. The largest absolute Gasteiger partial charge is 0.486 e. The number of benzene rings is 1. The number of nitrogens with one attached hydrogen (secondary N) is 2. The third-order valence-corrected chi connectivity index (χ3v) is 4.79. The second kappa shape index (κ2) is 9.10. The van der Waals surface area contributed by atoms with Crippen LogP contribution in [0.25, 0.3) is 0 Å². The van der Waals surface area contributed by atoms with E-state index in [4.69, 9.17) is 9.47 Å². The Morgan fingerprint density at radius 2 is 2.11 bits per heavy atom. The summed E-state index contributed by atoms with van der Waals surface area (Å²) in [6.45, 7) is 3.69. The highest BCUT2D eigenvalue weighted by Crippen LogP contribution is 2.30. The molecule has 2 N–H and O–H groups in total. The monoisotopic (exact) mass is 392 g/mol. The van der Waals surface area contributed by atoms with E-state index in [1.54, 1.807) is 6.07 Å². The predicted molar refractivity (Wildman–Crippen MR) is 104 cm³/mol. The van der Waals surface area contributed by atoms with E-state index in [-0.39, 0.29) is 18.3 Å². The van der Waals surface area contributed by atoms with Crippen molar-refractivity contribution in [3.8, 4) is 11.5 Å². The molecule has 4 rings (SSSR count). The van der Waals surface area contributed by atoms with E-state index in [1.807, 2.05) is 29.1 Å². The Bertz CT molecular complexity index is 774. The number of carbonyl (C=O) groups is 1. The second-order valence-electron chi connectivity index (χ2n) is 6.67. The molecule has 1 atom stereocenters. The molecule has 2 aliphatic heterocycles. The van der Waals surface area contributed by atoms with Gasteiger partial charge in [-0.2, -0.15) is 5.10 Å². The van der Waals surface area contributed by atoms with Crippen LogP contribution in [0.5, 0.6) is 11.5 Å². The first-order chi connectivity index (χ1) is 12.8. The molecule has 0 spiro atoms. The van der Waals surface area contributed by atoms with Crippen molar-refractivity contribution < 1.29 is 14.3 Å². The molecule has 7 nitrogen and oxygen atoms in total. The van der Waals surface area contributed by atoms with Crippen molar-refractivity contribution in [3.63, 3.8) is 0 Å². The lowest BCUT2D eigenvalue weighted by atomic mass is 10.1. The number of ether oxygens (including phenoxy) is 2. The van der Waals surface area contributed by atoms with E-state index in [0.717, 1.165) is 49.4 Å². The van der Waals surface area contributed by atoms with Crippen LogP contribution in [-0.4, -0.2) is 48.5 Å². The van der Waals surface area contributed by atoms with E-state index in [0.29, 0.717) is 31.5 Å². The Labute approximate surface area is 164 Å². The predicted octanol–water partition coefficient (Wildman–Crippen LogP) is 1.97. The molecule has 0 saturated carbocycles. The van der Waals surface area contributed by atoms with Gasteiger partial charge in [0.25, 0.3) is 5.91 Å². The fourth-order valence-electron chi connectivity index (χ4n) is 3.38. The number of halogens is 1. The van der Waals surface area contributed by atoms with E-state index in [2.05, 4.69) is 15.7 Å². The summed E-state index contributed by atoms with van der Waals surface area (Å²) in [5, 5.41) is 10.8. The SMILES string of the molecule is Cl.O=C(NCCc1ccc2c(c1)OCCO2)c1ccn(C2CCCNC2)n1. The maximum atomic E-state index is 12.3. The Morgan fingerprint density at radius 3 is 2.93 bits per heavy atom. The number of hydrogen-bond acceptors (Lipinski definition) is 5. The zero-order valence-electron chi connectivity index (χ0n) is 15.1. The molecule has 1 aromatic heterocycles. The lowest BCUT2D eigenvalue weighted by molar-refractivity contribution is 0.0947. The van der Waals surface area contributed by atoms with Gasteiger partial charge in [-0.1, -0.05) is 6.07 Å². The first kappa shape index (κ1) is 19.5. The molecular formula is C19H25ClN4O3. The molecule has 0 bridgehead atoms. The van der Waals surface area contributed by atoms with Crippen LogP contribution in [0, 0.1) is 0 Å². The fourth-order valence-corrected chi connectivity index (χ4v) is 3.38. The number of rotatable bonds is 5. The van der Waals surface area contributed by atoms with Gasteiger partial charge in [-0.15, -0.1) is 12.4 Å². The molecular weight excluding hydrogens is 368 g/mol. The Kier molecular flexibility index (Phi) is 6.58. The quantitative estimate of drug-likeness (QED) is 0.813. The van der Waals surface area contributed by atoms with Crippen molar-refractivity contribution in [2.75, 3.05) is 32.8 Å². The summed E-state index contributed by atoms with van der Waals surface area (Å²) in [5.74, 6) is 1.43. The van der Waals surface area contributed by atoms with E-state index >= 15 is 0 Å². The number of hydrogen-bond donors (Lipinski definition) is 2. The molecule has 27 heavy (non-hydrogen) atoms. The average molecular weight is 393 g/mol. The average Bonchev–Trinajstić information content (AvgIpc) is 3.19. The zero-order chi connectivity index (χ0) is 17.8. The van der Waals surface area contributed by atoms with Gasteiger partial charge in [0, 0.05) is 19.3 Å². The third-order valence-electron chi connectivity index (χ3n) is 4.79. The number of carbonyl (C=O) groups excluding carboxylic acids is 1. The summed E-state index contributed by atoms with van der Waals surface area (Å²) in [6, 6.07) is 8.03. The van der Waals surface area contributed by atoms with Gasteiger partial charge in [-0.05, 0) is 49.6 Å². The summed E-state index contributed by atoms with van der Waals surface area (Å²) in [6.07, 6.45) is 4.87. The molecule has 2 aliphatic rings. The van der Waals surface area contributed by atoms with Gasteiger partial charge in [-0.3, -0.25) is 9.48 Å². The van der Waals surface area contributed by atoms with Crippen LogP contribution in [0.2, 0.25) is 0 Å². The molecule has 1 saturated heterocycles. The molecule has 3 heterocycles. The van der Waals surface area contributed by atoms with E-state index in [1.165, 1.54) is 0 Å². The van der Waals surface area contributed by atoms with Crippen LogP contribution in [0.15, 0.2) is 30.5 Å². The molecule has 146 valence electrons. The lowest BCUT2D eigenvalue weighted by Crippen LogP contribution is -2.32. The van der Waals surface area contributed by atoms with Gasteiger partial charge in [0.1, 0.15) is 18.9 Å². The van der Waals surface area contributed by atoms with Crippen LogP contribution in [-0.2, 0) is 6.42 Å². The van der Waals surface area contributed by atoms with Crippen molar-refractivity contribution >= 4 is 18.3 Å². The van der Waals surface area contributed by atoms with E-state index in [9.17, 15) is 4.79 Å². The number of aromatic nitrogens is 2. The summed E-state index contributed by atoms with van der Waals surface area (Å²) in [7, 11) is 0. The van der Waals surface area contributed by atoms with Gasteiger partial charge in [0.15, 0.2) is 11.5 Å². The fraction of sp³-hybridized carbons (Fsp3) is 0.474. The first-order valence-electron chi connectivity index (χ1n) is 9.22. The molecule has 0 radical (unpaired) electrons. The molecule has 1 aromatic carbocycles. The highest BCUT2D eigenvalue weighted by molar-refractivity contribution is 5.92. The van der Waals surface area contributed by atoms with Crippen molar-refractivity contribution in [2.24, 2.45) is 0 Å². The Balaban J connectivity index is 0.00000210. The molecule has 1 fully saturated rings. The van der Waals surface area contributed by atoms with Crippen molar-refractivity contribution in [1.82, 2.24) is 20.4 Å². The molecule has 0 aliphatic carbocycles. The number of piperidine rings is 1. The number of nitrogens with zero attached hydrogens (tertiary/aromatic N) is 2. The smallest absolute Gasteiger partial charge is 0.271 e. The minimum absolute atomic E-state index is 0. The maximum Gasteiger partial charge on any atom is 0.271 e. The van der Waals surface area contributed by atoms with Gasteiger partial charge < -0.3 is 20.1 Å². The lowest BCUT2D eigenvalue weighted by Gasteiger charge is -2.22. The summed E-state index contributed by atoms with van der Waals surface area (Å²) >= 11 is 0. The van der Waals surface area contributed by atoms with Crippen LogP contribution >= 0.6 is 12.4 Å². The molecule has 8 heteroatoms. The van der Waals surface area contributed by atoms with Crippen LogP contribution in [0.4, 0.5) is 0 Å². The van der Waals surface area contributed by atoms with Crippen molar-refractivity contribution in [2.45, 2.75) is 25.3 Å². The van der Waals surface area contributed by atoms with Crippen molar-refractivity contribution in [1.29, 1.82) is 0 Å². The normalized spacial score (nSPS) is 18.4. The standard InChI is InChI=1S/C19H24N4O3.ClH/c24-19(16-6-9-23(22-16)15-2-1-7-20-13-15)21-8-5-14-3-4-17-18(12-14)26-11-10-25-17;/h3-4,6,9,12,15,20H,1-2,5,7-8,10-11,13H2,(H,21,24);1H. The molecule has 1 unspecified atom stereocenters. The van der Waals surface area contributed by atoms with Gasteiger partial charge >= 0.3 is 0 Å². The van der Waals surface area contributed by atoms with Gasteiger partial charge in [-0.25, -0.2) is 0 Å². The van der Waals surface area contributed by atoms with E-state index < -0.39 is 0 Å². The summed E-state index contributed by atoms with van der Waals surface area (Å²) < 4.78 is 13.0. The third kappa shape index (κ3) is 4.73. The molecule has 2 aromatic rings. The Morgan fingerprint density at radius 1 is 1.26 bits per heavy atom. The minimum Gasteiger partial charge on any atom is -0.486 e. The summed E-state index contributed by atoms with van der Waals surface area (Å²) in [5.41, 5.74) is 1.58. The highest BCUT2D eigenvalue weighted by atomic mass is 35.5. The first-order valence-corrected chi connectivity index (χ1v) is 9.22. The summed E-state index contributed by atoms with van der Waals surface area (Å²) in [4.78, 5) is 12.3. The number of amides is 1. The van der Waals surface area contributed by atoms with Crippen LogP contribution < -0.4 is 20.1 Å².